The van der Waals surface area contributed by atoms with Gasteiger partial charge in [-0.1, -0.05) is 6.92 Å². The van der Waals surface area contributed by atoms with Crippen LogP contribution < -0.4 is 0 Å². The molecule has 0 aromatic carbocycles. The van der Waals surface area contributed by atoms with Crippen molar-refractivity contribution in [1.29, 1.82) is 0 Å². The number of hydrogen-bond donors (Lipinski definition) is 1. The minimum Gasteiger partial charge on any atom is -0.477 e. The first-order valence-electron chi connectivity index (χ1n) is 7.26. The van der Waals surface area contributed by atoms with Crippen molar-refractivity contribution in [1.82, 2.24) is 8.87 Å². The predicted molar refractivity (Wildman–Crippen MR) is 79.0 cm³/mol. The molecular formula is C14H22N2O4S. The predicted octanol–water partition coefficient (Wildman–Crippen LogP) is 2.33. The van der Waals surface area contributed by atoms with Crippen molar-refractivity contribution in [3.8, 4) is 0 Å². The molecule has 0 spiro atoms. The van der Waals surface area contributed by atoms with E-state index < -0.39 is 16.0 Å². The molecule has 1 saturated carbocycles. The summed E-state index contributed by atoms with van der Waals surface area (Å²) in [7, 11) is -3.62. The summed E-state index contributed by atoms with van der Waals surface area (Å²) < 4.78 is 28.5. The summed E-state index contributed by atoms with van der Waals surface area (Å²) in [4.78, 5) is 11.4. The molecule has 1 aromatic rings. The number of rotatable bonds is 7. The fourth-order valence-electron chi connectivity index (χ4n) is 2.41. The van der Waals surface area contributed by atoms with Gasteiger partial charge in [0.25, 0.3) is 0 Å². The molecule has 6 nitrogen and oxygen atoms in total. The Bertz CT molecular complexity index is 629. The minimum atomic E-state index is -3.62. The molecule has 1 fully saturated rings. The Morgan fingerprint density at radius 2 is 2.10 bits per heavy atom. The van der Waals surface area contributed by atoms with E-state index in [1.54, 1.807) is 0 Å². The van der Waals surface area contributed by atoms with E-state index in [1.807, 2.05) is 20.8 Å². The Balaban J connectivity index is 2.44. The van der Waals surface area contributed by atoms with Crippen LogP contribution in [-0.2, 0) is 10.0 Å². The number of carboxylic acids is 1. The maximum absolute atomic E-state index is 12.7. The number of carbonyl (C=O) groups is 1. The highest BCUT2D eigenvalue weighted by Gasteiger charge is 2.38. The Hall–Kier alpha value is -1.34. The van der Waals surface area contributed by atoms with E-state index >= 15 is 0 Å². The highest BCUT2D eigenvalue weighted by Crippen LogP contribution is 2.33. The van der Waals surface area contributed by atoms with Gasteiger partial charge in [0.1, 0.15) is 10.6 Å². The van der Waals surface area contributed by atoms with E-state index in [0.29, 0.717) is 6.54 Å². The standard InChI is InChI=1S/C14H22N2O4S/c1-4-7-16(11-5-6-11)21(19,20)12-8-13(14(17)18)15(9-12)10(2)3/h8-11H,4-7H2,1-3H3,(H,17,18). The molecule has 1 aromatic heterocycles. The second-order valence-electron chi connectivity index (χ2n) is 5.71. The van der Waals surface area contributed by atoms with Crippen LogP contribution in [0.4, 0.5) is 0 Å². The molecule has 2 rings (SSSR count). The molecule has 0 radical (unpaired) electrons. The molecular weight excluding hydrogens is 292 g/mol. The van der Waals surface area contributed by atoms with Crippen LogP contribution in [0.1, 0.15) is 56.6 Å². The van der Waals surface area contributed by atoms with E-state index in [-0.39, 0.29) is 22.7 Å². The van der Waals surface area contributed by atoms with Crippen LogP contribution in [0.25, 0.3) is 0 Å². The number of hydrogen-bond acceptors (Lipinski definition) is 3. The number of carboxylic acid groups (broad SMARTS) is 1. The summed E-state index contributed by atoms with van der Waals surface area (Å²) in [5.41, 5.74) is 0.0100. The summed E-state index contributed by atoms with van der Waals surface area (Å²) in [5, 5.41) is 9.23. The summed E-state index contributed by atoms with van der Waals surface area (Å²) in [5.74, 6) is -1.11. The fourth-order valence-corrected chi connectivity index (χ4v) is 4.22. The van der Waals surface area contributed by atoms with Gasteiger partial charge in [-0.3, -0.25) is 0 Å². The second kappa shape index (κ2) is 5.81. The molecule has 0 saturated heterocycles. The Labute approximate surface area is 125 Å². The topological polar surface area (TPSA) is 79.6 Å². The number of aromatic nitrogens is 1. The van der Waals surface area contributed by atoms with Crippen LogP contribution in [0, 0.1) is 0 Å². The summed E-state index contributed by atoms with van der Waals surface area (Å²) in [6.07, 6.45) is 3.95. The van der Waals surface area contributed by atoms with Crippen molar-refractivity contribution < 1.29 is 18.3 Å². The van der Waals surface area contributed by atoms with Crippen LogP contribution in [0.3, 0.4) is 0 Å². The Kier molecular flexibility index (Phi) is 4.43. The van der Waals surface area contributed by atoms with Crippen LogP contribution in [0.15, 0.2) is 17.2 Å². The fraction of sp³-hybridized carbons (Fsp3) is 0.643. The average molecular weight is 314 g/mol. The normalized spacial score (nSPS) is 15.9. The monoisotopic (exact) mass is 314 g/mol. The maximum Gasteiger partial charge on any atom is 0.352 e. The molecule has 7 heteroatoms. The van der Waals surface area contributed by atoms with E-state index in [2.05, 4.69) is 0 Å². The third-order valence-electron chi connectivity index (χ3n) is 3.60. The lowest BCUT2D eigenvalue weighted by Crippen LogP contribution is -2.33. The molecule has 0 bridgehead atoms. The van der Waals surface area contributed by atoms with Gasteiger partial charge in [0.05, 0.1) is 0 Å². The zero-order chi connectivity index (χ0) is 15.8. The van der Waals surface area contributed by atoms with E-state index in [4.69, 9.17) is 0 Å². The highest BCUT2D eigenvalue weighted by molar-refractivity contribution is 7.89. The van der Waals surface area contributed by atoms with E-state index in [0.717, 1.165) is 19.3 Å². The average Bonchev–Trinajstić information content (AvgIpc) is 3.10. The minimum absolute atomic E-state index is 0.0100. The Morgan fingerprint density at radius 1 is 1.48 bits per heavy atom. The molecule has 0 aliphatic heterocycles. The molecule has 0 unspecified atom stereocenters. The van der Waals surface area contributed by atoms with Gasteiger partial charge in [-0.05, 0) is 39.2 Å². The lowest BCUT2D eigenvalue weighted by atomic mass is 10.3. The number of sulfonamides is 1. The quantitative estimate of drug-likeness (QED) is 0.837. The third kappa shape index (κ3) is 3.13. The largest absolute Gasteiger partial charge is 0.477 e. The summed E-state index contributed by atoms with van der Waals surface area (Å²) in [6, 6.07) is 1.23. The first-order valence-corrected chi connectivity index (χ1v) is 8.70. The van der Waals surface area contributed by atoms with Gasteiger partial charge in [-0.25, -0.2) is 13.2 Å². The lowest BCUT2D eigenvalue weighted by Gasteiger charge is -2.20. The molecule has 0 amide bonds. The van der Waals surface area contributed by atoms with E-state index in [9.17, 15) is 18.3 Å². The van der Waals surface area contributed by atoms with E-state index in [1.165, 1.54) is 21.1 Å². The highest BCUT2D eigenvalue weighted by atomic mass is 32.2. The molecule has 1 N–H and O–H groups in total. The van der Waals surface area contributed by atoms with Gasteiger partial charge < -0.3 is 9.67 Å². The molecule has 1 aliphatic rings. The van der Waals surface area contributed by atoms with Crippen molar-refractivity contribution in [2.75, 3.05) is 6.54 Å². The van der Waals surface area contributed by atoms with Gasteiger partial charge in [-0.2, -0.15) is 4.31 Å². The molecule has 21 heavy (non-hydrogen) atoms. The smallest absolute Gasteiger partial charge is 0.352 e. The van der Waals surface area contributed by atoms with Gasteiger partial charge in [-0.15, -0.1) is 0 Å². The molecule has 1 aliphatic carbocycles. The zero-order valence-electron chi connectivity index (χ0n) is 12.6. The zero-order valence-corrected chi connectivity index (χ0v) is 13.4. The van der Waals surface area contributed by atoms with Gasteiger partial charge >= 0.3 is 5.97 Å². The lowest BCUT2D eigenvalue weighted by molar-refractivity contribution is 0.0683. The Morgan fingerprint density at radius 3 is 2.48 bits per heavy atom. The summed E-state index contributed by atoms with van der Waals surface area (Å²) in [6.45, 7) is 6.07. The van der Waals surface area contributed by atoms with Gasteiger partial charge in [0.15, 0.2) is 0 Å². The molecule has 118 valence electrons. The number of aromatic carboxylic acids is 1. The first kappa shape index (κ1) is 16.0. The number of nitrogens with zero attached hydrogens (tertiary/aromatic N) is 2. The van der Waals surface area contributed by atoms with Crippen molar-refractivity contribution in [3.05, 3.63) is 18.0 Å². The first-order chi connectivity index (χ1) is 9.78. The van der Waals surface area contributed by atoms with Crippen molar-refractivity contribution in [2.45, 2.75) is 57.0 Å². The van der Waals surface area contributed by atoms with Crippen LogP contribution in [0.2, 0.25) is 0 Å². The van der Waals surface area contributed by atoms with Gasteiger partial charge in [0, 0.05) is 24.8 Å². The third-order valence-corrected chi connectivity index (χ3v) is 5.52. The second-order valence-corrected chi connectivity index (χ2v) is 7.60. The molecule has 1 heterocycles. The summed E-state index contributed by atoms with van der Waals surface area (Å²) >= 11 is 0. The van der Waals surface area contributed by atoms with Crippen LogP contribution in [0.5, 0.6) is 0 Å². The SMILES string of the molecule is CCCN(C1CC1)S(=O)(=O)c1cc(C(=O)O)n(C(C)C)c1. The van der Waals surface area contributed by atoms with Gasteiger partial charge in [0.2, 0.25) is 10.0 Å². The van der Waals surface area contributed by atoms with Crippen LogP contribution >= 0.6 is 0 Å². The van der Waals surface area contributed by atoms with Crippen molar-refractivity contribution >= 4 is 16.0 Å². The maximum atomic E-state index is 12.7. The molecule has 0 atom stereocenters. The van der Waals surface area contributed by atoms with Crippen LogP contribution in [-0.4, -0.2) is 41.0 Å². The van der Waals surface area contributed by atoms with Crippen molar-refractivity contribution in [3.63, 3.8) is 0 Å². The van der Waals surface area contributed by atoms with Crippen molar-refractivity contribution in [2.24, 2.45) is 0 Å².